The Labute approximate surface area is 231 Å². The fourth-order valence-electron chi connectivity index (χ4n) is 5.92. The van der Waals surface area contributed by atoms with E-state index >= 15 is 0 Å². The normalized spacial score (nSPS) is 15.3. The van der Waals surface area contributed by atoms with E-state index in [9.17, 15) is 9.59 Å². The van der Waals surface area contributed by atoms with Crippen molar-refractivity contribution in [2.75, 3.05) is 13.1 Å². The van der Waals surface area contributed by atoms with Gasteiger partial charge in [-0.25, -0.2) is 0 Å². The van der Waals surface area contributed by atoms with Gasteiger partial charge in [0.1, 0.15) is 0 Å². The third kappa shape index (κ3) is 7.01. The first-order chi connectivity index (χ1) is 17.9. The van der Waals surface area contributed by atoms with E-state index in [1.807, 2.05) is 24.3 Å². The number of carbonyl (C=O) groups excluding carboxylic acids is 2. The van der Waals surface area contributed by atoms with Crippen LogP contribution in [0.5, 0.6) is 0 Å². The predicted molar refractivity (Wildman–Crippen MR) is 159 cm³/mol. The SMILES string of the molecule is CC(CCN)CCCC(C)(C)c1ccc2c(c1)C(=O)c1ccc(C(C)(C)CCCC(C)CCN)cc1C2=O. The summed E-state index contributed by atoms with van der Waals surface area (Å²) >= 11 is 0. The molecule has 0 amide bonds. The van der Waals surface area contributed by atoms with Crippen molar-refractivity contribution in [2.45, 2.75) is 104 Å². The molecular weight excluding hydrogens is 468 g/mol. The van der Waals surface area contributed by atoms with Crippen molar-refractivity contribution in [3.63, 3.8) is 0 Å². The van der Waals surface area contributed by atoms with Crippen LogP contribution >= 0.6 is 0 Å². The lowest BCUT2D eigenvalue weighted by Gasteiger charge is -2.29. The van der Waals surface area contributed by atoms with E-state index in [2.05, 4.69) is 53.7 Å². The summed E-state index contributed by atoms with van der Waals surface area (Å²) in [6.07, 6.45) is 8.72. The molecule has 2 aromatic carbocycles. The Balaban J connectivity index is 1.78. The van der Waals surface area contributed by atoms with Crippen LogP contribution in [0.4, 0.5) is 0 Å². The van der Waals surface area contributed by atoms with Gasteiger partial charge in [0.05, 0.1) is 0 Å². The number of fused-ring (bicyclic) bond motifs is 2. The van der Waals surface area contributed by atoms with Gasteiger partial charge in [-0.1, -0.05) is 79.4 Å². The van der Waals surface area contributed by atoms with Gasteiger partial charge < -0.3 is 11.5 Å². The molecule has 4 heteroatoms. The van der Waals surface area contributed by atoms with Gasteiger partial charge in [-0.3, -0.25) is 9.59 Å². The topological polar surface area (TPSA) is 86.2 Å². The van der Waals surface area contributed by atoms with E-state index in [1.165, 1.54) is 0 Å². The minimum absolute atomic E-state index is 0.0382. The molecule has 1 aliphatic carbocycles. The van der Waals surface area contributed by atoms with Gasteiger partial charge >= 0.3 is 0 Å². The van der Waals surface area contributed by atoms with Gasteiger partial charge in [-0.2, -0.15) is 0 Å². The van der Waals surface area contributed by atoms with Gasteiger partial charge in [0.2, 0.25) is 0 Å². The summed E-state index contributed by atoms with van der Waals surface area (Å²) in [4.78, 5) is 27.2. The first-order valence-corrected chi connectivity index (χ1v) is 14.7. The average molecular weight is 519 g/mol. The monoisotopic (exact) mass is 518 g/mol. The number of ketones is 2. The van der Waals surface area contributed by atoms with Crippen LogP contribution in [0.2, 0.25) is 0 Å². The molecule has 3 rings (SSSR count). The Morgan fingerprint density at radius 3 is 1.32 bits per heavy atom. The van der Waals surface area contributed by atoms with E-state index in [0.717, 1.165) is 75.6 Å². The Morgan fingerprint density at radius 2 is 0.974 bits per heavy atom. The molecule has 1 aliphatic rings. The molecule has 4 nitrogen and oxygen atoms in total. The van der Waals surface area contributed by atoms with Crippen molar-refractivity contribution in [1.29, 1.82) is 0 Å². The molecule has 0 saturated heterocycles. The molecule has 208 valence electrons. The van der Waals surface area contributed by atoms with Crippen LogP contribution in [0.1, 0.15) is 136 Å². The molecule has 0 spiro atoms. The number of nitrogens with two attached hydrogens (primary N) is 2. The Kier molecular flexibility index (Phi) is 10.1. The second kappa shape index (κ2) is 12.7. The maximum atomic E-state index is 13.6. The van der Waals surface area contributed by atoms with Crippen LogP contribution in [-0.2, 0) is 10.8 Å². The van der Waals surface area contributed by atoms with Crippen LogP contribution in [-0.4, -0.2) is 24.7 Å². The number of hydrogen-bond donors (Lipinski definition) is 2. The molecule has 4 N–H and O–H groups in total. The average Bonchev–Trinajstić information content (AvgIpc) is 2.86. The van der Waals surface area contributed by atoms with Crippen LogP contribution in [0.25, 0.3) is 0 Å². The van der Waals surface area contributed by atoms with Crippen molar-refractivity contribution < 1.29 is 9.59 Å². The smallest absolute Gasteiger partial charge is 0.194 e. The van der Waals surface area contributed by atoms with Gasteiger partial charge in [0.15, 0.2) is 11.6 Å². The van der Waals surface area contributed by atoms with Gasteiger partial charge in [0, 0.05) is 22.3 Å². The predicted octanol–water partition coefficient (Wildman–Crippen LogP) is 7.33. The molecule has 0 bridgehead atoms. The summed E-state index contributed by atoms with van der Waals surface area (Å²) in [6, 6.07) is 11.8. The fraction of sp³-hybridized carbons (Fsp3) is 0.588. The maximum absolute atomic E-state index is 13.6. The molecule has 0 aromatic heterocycles. The highest BCUT2D eigenvalue weighted by atomic mass is 16.1. The van der Waals surface area contributed by atoms with Gasteiger partial charge in [-0.15, -0.1) is 0 Å². The van der Waals surface area contributed by atoms with Crippen LogP contribution in [0.15, 0.2) is 36.4 Å². The molecule has 2 unspecified atom stereocenters. The molecule has 0 fully saturated rings. The third-order valence-corrected chi connectivity index (χ3v) is 8.90. The molecule has 38 heavy (non-hydrogen) atoms. The molecule has 0 aliphatic heterocycles. The Bertz CT molecular complexity index is 1040. The lowest BCUT2D eigenvalue weighted by molar-refractivity contribution is 0.0978. The summed E-state index contributed by atoms with van der Waals surface area (Å²) in [5.74, 6) is 1.18. The molecular formula is C34H50N2O2. The zero-order chi connectivity index (χ0) is 28.1. The Hall–Kier alpha value is -2.30. The standard InChI is InChI=1S/C34H50N2O2/c1-23(15-19-35)9-7-17-33(3,4)25-11-13-27-29(21-25)31(37)28-14-12-26(22-30(28)32(27)38)34(5,6)18-8-10-24(2)16-20-36/h11-14,21-24H,7-10,15-20,35-36H2,1-6H3. The fourth-order valence-corrected chi connectivity index (χ4v) is 5.92. The highest BCUT2D eigenvalue weighted by molar-refractivity contribution is 6.28. The molecule has 0 saturated carbocycles. The van der Waals surface area contributed by atoms with E-state index in [1.54, 1.807) is 0 Å². The van der Waals surface area contributed by atoms with Crippen LogP contribution in [0.3, 0.4) is 0 Å². The third-order valence-electron chi connectivity index (χ3n) is 8.90. The summed E-state index contributed by atoms with van der Waals surface area (Å²) in [7, 11) is 0. The van der Waals surface area contributed by atoms with Crippen LogP contribution in [0, 0.1) is 11.8 Å². The zero-order valence-corrected chi connectivity index (χ0v) is 24.7. The van der Waals surface area contributed by atoms with E-state index in [0.29, 0.717) is 34.1 Å². The first-order valence-electron chi connectivity index (χ1n) is 14.7. The molecule has 0 radical (unpaired) electrons. The molecule has 0 heterocycles. The summed E-state index contributed by atoms with van der Waals surface area (Å²) in [5.41, 5.74) is 15.7. The van der Waals surface area contributed by atoms with E-state index in [-0.39, 0.29) is 22.4 Å². The maximum Gasteiger partial charge on any atom is 0.194 e. The van der Waals surface area contributed by atoms with Crippen LogP contribution < -0.4 is 11.5 Å². The van der Waals surface area contributed by atoms with Gasteiger partial charge in [-0.05, 0) is 96.8 Å². The summed E-state index contributed by atoms with van der Waals surface area (Å²) in [6.45, 7) is 14.9. The zero-order valence-electron chi connectivity index (χ0n) is 24.7. The number of benzene rings is 2. The number of hydrogen-bond acceptors (Lipinski definition) is 4. The van der Waals surface area contributed by atoms with Crippen molar-refractivity contribution in [3.8, 4) is 0 Å². The second-order valence-electron chi connectivity index (χ2n) is 13.1. The quantitative estimate of drug-likeness (QED) is 0.234. The van der Waals surface area contributed by atoms with Crippen molar-refractivity contribution in [1.82, 2.24) is 0 Å². The van der Waals surface area contributed by atoms with Crippen molar-refractivity contribution in [3.05, 3.63) is 69.8 Å². The lowest BCUT2D eigenvalue weighted by Crippen LogP contribution is -2.25. The minimum Gasteiger partial charge on any atom is -0.330 e. The summed E-state index contributed by atoms with van der Waals surface area (Å²) in [5, 5.41) is 0. The van der Waals surface area contributed by atoms with Crippen molar-refractivity contribution >= 4 is 11.6 Å². The molecule has 2 atom stereocenters. The second-order valence-corrected chi connectivity index (χ2v) is 13.1. The molecule has 2 aromatic rings. The van der Waals surface area contributed by atoms with E-state index in [4.69, 9.17) is 11.5 Å². The van der Waals surface area contributed by atoms with Crippen molar-refractivity contribution in [2.24, 2.45) is 23.3 Å². The van der Waals surface area contributed by atoms with Gasteiger partial charge in [0.25, 0.3) is 0 Å². The summed E-state index contributed by atoms with van der Waals surface area (Å²) < 4.78 is 0. The Morgan fingerprint density at radius 1 is 0.605 bits per heavy atom. The number of carbonyl (C=O) groups is 2. The van der Waals surface area contributed by atoms with E-state index < -0.39 is 0 Å². The lowest BCUT2D eigenvalue weighted by atomic mass is 9.74. The first kappa shape index (κ1) is 30.2. The minimum atomic E-state index is -0.0728. The highest BCUT2D eigenvalue weighted by Crippen LogP contribution is 2.37. The number of rotatable bonds is 14. The largest absolute Gasteiger partial charge is 0.330 e. The highest BCUT2D eigenvalue weighted by Gasteiger charge is 2.33.